The molecule has 0 aliphatic carbocycles. The Morgan fingerprint density at radius 3 is 2.55 bits per heavy atom. The number of nitrogens with zero attached hydrogens (tertiary/aromatic N) is 3. The molecule has 0 spiro atoms. The van der Waals surface area contributed by atoms with Crippen molar-refractivity contribution in [2.75, 3.05) is 27.2 Å². The Balaban J connectivity index is 1.71. The number of hydrogen-bond donors (Lipinski definition) is 0. The van der Waals surface area contributed by atoms with Crippen molar-refractivity contribution in [3.63, 3.8) is 0 Å². The fourth-order valence-corrected chi connectivity index (χ4v) is 4.69. The zero-order valence-electron chi connectivity index (χ0n) is 16.4. The molecule has 3 rings (SSSR count). The first-order valence-corrected chi connectivity index (χ1v) is 10.8. The number of piperidine rings is 1. The number of rotatable bonds is 5. The Kier molecular flexibility index (Phi) is 6.30. The summed E-state index contributed by atoms with van der Waals surface area (Å²) in [7, 11) is -0.432. The molecule has 1 aromatic heterocycles. The van der Waals surface area contributed by atoms with Crippen LogP contribution in [-0.4, -0.2) is 49.2 Å². The maximum atomic E-state index is 12.9. The lowest BCUT2D eigenvalue weighted by Gasteiger charge is -2.33. The fourth-order valence-electron chi connectivity index (χ4n) is 3.50. The average molecular weight is 427 g/mol. The van der Waals surface area contributed by atoms with Crippen molar-refractivity contribution >= 4 is 10.2 Å². The average Bonchev–Trinajstić information content (AvgIpc) is 2.68. The van der Waals surface area contributed by atoms with Crippen molar-refractivity contribution < 1.29 is 21.6 Å². The van der Waals surface area contributed by atoms with Crippen LogP contribution in [0, 0.1) is 0 Å². The molecule has 0 unspecified atom stereocenters. The van der Waals surface area contributed by atoms with Crippen molar-refractivity contribution in [3.05, 3.63) is 65.0 Å². The van der Waals surface area contributed by atoms with Gasteiger partial charge in [-0.25, -0.2) is 0 Å². The molecule has 9 heteroatoms. The van der Waals surface area contributed by atoms with Crippen LogP contribution < -0.4 is 0 Å². The summed E-state index contributed by atoms with van der Waals surface area (Å²) in [5, 5.41) is 0. The molecule has 0 bridgehead atoms. The van der Waals surface area contributed by atoms with Crippen LogP contribution in [0.4, 0.5) is 13.2 Å². The predicted molar refractivity (Wildman–Crippen MR) is 105 cm³/mol. The van der Waals surface area contributed by atoms with Gasteiger partial charge in [0.05, 0.1) is 5.56 Å². The number of alkyl halides is 3. The standard InChI is InChI=1S/C20H24F3N3O2S/c1-25(2)29(27,28)26-10-4-6-17(14-26)19-9-8-16(13-24-19)11-15-5-3-7-18(12-15)20(21,22)23/h3,5,7-9,12-13,17H,4,6,10-11,14H2,1-2H3/t17-/m0/s1. The van der Waals surface area contributed by atoms with Crippen LogP contribution in [0.3, 0.4) is 0 Å². The van der Waals surface area contributed by atoms with Gasteiger partial charge in [-0.15, -0.1) is 0 Å². The highest BCUT2D eigenvalue weighted by Crippen LogP contribution is 2.30. The van der Waals surface area contributed by atoms with Crippen molar-refractivity contribution in [1.29, 1.82) is 0 Å². The van der Waals surface area contributed by atoms with Crippen molar-refractivity contribution in [1.82, 2.24) is 13.6 Å². The highest BCUT2D eigenvalue weighted by molar-refractivity contribution is 7.86. The summed E-state index contributed by atoms with van der Waals surface area (Å²) in [6.45, 7) is 0.866. The molecule has 1 fully saturated rings. The molecule has 29 heavy (non-hydrogen) atoms. The lowest BCUT2D eigenvalue weighted by Crippen LogP contribution is -2.45. The first-order valence-electron chi connectivity index (χ1n) is 9.36. The number of benzene rings is 1. The van der Waals surface area contributed by atoms with Gasteiger partial charge in [0.2, 0.25) is 0 Å². The molecule has 0 N–H and O–H groups in total. The maximum absolute atomic E-state index is 12.9. The Hall–Kier alpha value is -1.97. The van der Waals surface area contributed by atoms with Gasteiger partial charge in [0.1, 0.15) is 0 Å². The molecule has 0 saturated carbocycles. The monoisotopic (exact) mass is 427 g/mol. The molecule has 1 aliphatic heterocycles. The Morgan fingerprint density at radius 1 is 1.17 bits per heavy atom. The fraction of sp³-hybridized carbons (Fsp3) is 0.450. The second kappa shape index (κ2) is 8.41. The lowest BCUT2D eigenvalue weighted by atomic mass is 9.95. The quantitative estimate of drug-likeness (QED) is 0.732. The molecule has 2 heterocycles. The van der Waals surface area contributed by atoms with E-state index < -0.39 is 21.9 Å². The summed E-state index contributed by atoms with van der Waals surface area (Å²) in [6.07, 6.45) is -0.749. The Morgan fingerprint density at radius 2 is 1.93 bits per heavy atom. The second-order valence-corrected chi connectivity index (χ2v) is 9.60. The minimum atomic E-state index is -4.36. The second-order valence-electron chi connectivity index (χ2n) is 7.45. The van der Waals surface area contributed by atoms with Crippen LogP contribution in [0.1, 0.15) is 41.1 Å². The van der Waals surface area contributed by atoms with Crippen LogP contribution in [-0.2, 0) is 22.8 Å². The first kappa shape index (κ1) is 21.7. The predicted octanol–water partition coefficient (Wildman–Crippen LogP) is 3.68. The largest absolute Gasteiger partial charge is 0.416 e. The molecule has 0 amide bonds. The van der Waals surface area contributed by atoms with Gasteiger partial charge >= 0.3 is 6.18 Å². The molecule has 2 aromatic rings. The van der Waals surface area contributed by atoms with E-state index in [-0.39, 0.29) is 5.92 Å². The van der Waals surface area contributed by atoms with Crippen molar-refractivity contribution in [2.24, 2.45) is 0 Å². The van der Waals surface area contributed by atoms with Gasteiger partial charge in [-0.2, -0.15) is 30.2 Å². The summed E-state index contributed by atoms with van der Waals surface area (Å²) in [6, 6.07) is 8.97. The number of pyridine rings is 1. The molecule has 1 aliphatic rings. The number of aromatic nitrogens is 1. The van der Waals surface area contributed by atoms with E-state index in [1.807, 2.05) is 12.1 Å². The van der Waals surface area contributed by atoms with Gasteiger partial charge in [0.15, 0.2) is 0 Å². The normalized spacial score (nSPS) is 18.9. The maximum Gasteiger partial charge on any atom is 0.416 e. The molecular weight excluding hydrogens is 403 g/mol. The Bertz CT molecular complexity index is 944. The number of halogens is 3. The van der Waals surface area contributed by atoms with Crippen LogP contribution in [0.5, 0.6) is 0 Å². The first-order chi connectivity index (χ1) is 13.6. The van der Waals surface area contributed by atoms with Gasteiger partial charge in [0.25, 0.3) is 10.2 Å². The van der Waals surface area contributed by atoms with E-state index in [0.717, 1.165) is 36.2 Å². The van der Waals surface area contributed by atoms with E-state index in [1.54, 1.807) is 12.3 Å². The van der Waals surface area contributed by atoms with E-state index >= 15 is 0 Å². The minimum absolute atomic E-state index is 0.00100. The molecule has 158 valence electrons. The third-order valence-electron chi connectivity index (χ3n) is 5.10. The zero-order valence-corrected chi connectivity index (χ0v) is 17.2. The summed E-state index contributed by atoms with van der Waals surface area (Å²) >= 11 is 0. The van der Waals surface area contributed by atoms with Crippen LogP contribution >= 0.6 is 0 Å². The lowest BCUT2D eigenvalue weighted by molar-refractivity contribution is -0.137. The zero-order chi connectivity index (χ0) is 21.2. The third-order valence-corrected chi connectivity index (χ3v) is 7.01. The smallest absolute Gasteiger partial charge is 0.261 e. The third kappa shape index (κ3) is 5.15. The minimum Gasteiger partial charge on any atom is -0.261 e. The SMILES string of the molecule is CN(C)S(=O)(=O)N1CCC[C@H](c2ccc(Cc3cccc(C(F)(F)F)c3)cn2)C1. The molecule has 5 nitrogen and oxygen atoms in total. The van der Waals surface area contributed by atoms with Crippen LogP contribution in [0.2, 0.25) is 0 Å². The molecule has 0 radical (unpaired) electrons. The van der Waals surface area contributed by atoms with Gasteiger partial charge in [-0.3, -0.25) is 4.98 Å². The van der Waals surface area contributed by atoms with E-state index in [9.17, 15) is 21.6 Å². The summed E-state index contributed by atoms with van der Waals surface area (Å²) in [5.41, 5.74) is 1.51. The van der Waals surface area contributed by atoms with Crippen LogP contribution in [0.15, 0.2) is 42.6 Å². The summed E-state index contributed by atoms with van der Waals surface area (Å²) in [5.74, 6) is 0.00100. The van der Waals surface area contributed by atoms with Crippen molar-refractivity contribution in [2.45, 2.75) is 31.4 Å². The van der Waals surface area contributed by atoms with E-state index in [0.29, 0.717) is 25.1 Å². The Labute approximate surface area is 169 Å². The number of hydrogen-bond acceptors (Lipinski definition) is 3. The highest BCUT2D eigenvalue weighted by Gasteiger charge is 2.32. The van der Waals surface area contributed by atoms with Gasteiger partial charge in [0, 0.05) is 45.0 Å². The van der Waals surface area contributed by atoms with Crippen molar-refractivity contribution in [3.8, 4) is 0 Å². The van der Waals surface area contributed by atoms with Gasteiger partial charge < -0.3 is 0 Å². The topological polar surface area (TPSA) is 53.5 Å². The molecule has 1 atom stereocenters. The van der Waals surface area contributed by atoms with E-state index in [2.05, 4.69) is 4.98 Å². The summed E-state index contributed by atoms with van der Waals surface area (Å²) < 4.78 is 66.0. The van der Waals surface area contributed by atoms with Gasteiger partial charge in [-0.05, 0) is 42.5 Å². The molecule has 1 saturated heterocycles. The summed E-state index contributed by atoms with van der Waals surface area (Å²) in [4.78, 5) is 4.47. The van der Waals surface area contributed by atoms with Crippen LogP contribution in [0.25, 0.3) is 0 Å². The molecular formula is C20H24F3N3O2S. The van der Waals surface area contributed by atoms with E-state index in [4.69, 9.17) is 0 Å². The highest BCUT2D eigenvalue weighted by atomic mass is 32.2. The van der Waals surface area contributed by atoms with E-state index in [1.165, 1.54) is 28.8 Å². The van der Waals surface area contributed by atoms with Gasteiger partial charge in [-0.1, -0.05) is 24.3 Å². The molecule has 1 aromatic carbocycles.